The lowest BCUT2D eigenvalue weighted by Crippen LogP contribution is -2.78. The molecule has 4 rings (SSSR count). The highest BCUT2D eigenvalue weighted by Gasteiger charge is 2.72. The number of aromatic nitrogens is 2. The van der Waals surface area contributed by atoms with Gasteiger partial charge < -0.3 is 41.4 Å². The Morgan fingerprint density at radius 2 is 2.11 bits per heavy atom. The van der Waals surface area contributed by atoms with Gasteiger partial charge in [0.2, 0.25) is 11.6 Å². The molecular formula is C13H16F3N9O3. The highest BCUT2D eigenvalue weighted by molar-refractivity contribution is 5.93. The molecule has 3 aliphatic rings. The van der Waals surface area contributed by atoms with Crippen LogP contribution in [0.3, 0.4) is 0 Å². The normalized spacial score (nSPS) is 30.8. The second kappa shape index (κ2) is 5.48. The maximum atomic E-state index is 12.6. The number of H-pyrrole nitrogens is 1. The van der Waals surface area contributed by atoms with Gasteiger partial charge in [0.1, 0.15) is 11.7 Å². The van der Waals surface area contributed by atoms with E-state index >= 15 is 0 Å². The van der Waals surface area contributed by atoms with Crippen LogP contribution in [0.5, 0.6) is 0 Å². The first kappa shape index (κ1) is 18.3. The Balaban J connectivity index is 1.61. The third-order valence-corrected chi connectivity index (χ3v) is 5.11. The quantitative estimate of drug-likeness (QED) is 0.238. The van der Waals surface area contributed by atoms with Crippen LogP contribution in [0.25, 0.3) is 0 Å². The Kier molecular flexibility index (Phi) is 3.58. The van der Waals surface area contributed by atoms with E-state index in [0.29, 0.717) is 6.20 Å². The summed E-state index contributed by atoms with van der Waals surface area (Å²) in [6.07, 6.45) is -4.08. The number of aliphatic hydroxyl groups is 2. The molecule has 1 aromatic heterocycles. The molecule has 1 amide bonds. The van der Waals surface area contributed by atoms with Gasteiger partial charge in [-0.15, -0.1) is 0 Å². The predicted molar refractivity (Wildman–Crippen MR) is 85.0 cm³/mol. The summed E-state index contributed by atoms with van der Waals surface area (Å²) < 4.78 is 37.9. The van der Waals surface area contributed by atoms with E-state index in [9.17, 15) is 28.2 Å². The fourth-order valence-electron chi connectivity index (χ4n) is 3.84. The largest absolute Gasteiger partial charge is 0.449 e. The van der Waals surface area contributed by atoms with Crippen LogP contribution in [-0.2, 0) is 6.18 Å². The number of carbonyl (C=O) groups is 1. The van der Waals surface area contributed by atoms with Gasteiger partial charge in [-0.2, -0.15) is 13.2 Å². The van der Waals surface area contributed by atoms with E-state index in [-0.39, 0.29) is 25.0 Å². The number of alkyl halides is 3. The van der Waals surface area contributed by atoms with Crippen LogP contribution in [-0.4, -0.2) is 79.5 Å². The molecule has 4 heterocycles. The summed E-state index contributed by atoms with van der Waals surface area (Å²) in [7, 11) is 0. The van der Waals surface area contributed by atoms with Crippen LogP contribution in [0.2, 0.25) is 0 Å². The fourth-order valence-corrected chi connectivity index (χ4v) is 3.84. The van der Waals surface area contributed by atoms with Gasteiger partial charge in [0.25, 0.3) is 5.91 Å². The minimum absolute atomic E-state index is 0.101. The van der Waals surface area contributed by atoms with E-state index in [2.05, 4.69) is 26.3 Å². The number of hydrogen-bond donors (Lipinski definition) is 9. The Bertz CT molecular complexity index is 869. The molecule has 0 saturated carbocycles. The first-order chi connectivity index (χ1) is 13.0. The molecule has 0 bridgehead atoms. The molecule has 3 saturated heterocycles. The number of aromatic amines is 1. The van der Waals surface area contributed by atoms with Crippen LogP contribution in [0, 0.1) is 10.8 Å². The number of amides is 1. The topological polar surface area (TPSA) is 185 Å². The molecule has 3 atom stereocenters. The minimum Gasteiger partial charge on any atom is -0.361 e. The van der Waals surface area contributed by atoms with E-state index in [1.807, 2.05) is 4.98 Å². The number of guanidine groups is 2. The zero-order valence-corrected chi connectivity index (χ0v) is 14.0. The Morgan fingerprint density at radius 1 is 1.39 bits per heavy atom. The van der Waals surface area contributed by atoms with Gasteiger partial charge in [0.15, 0.2) is 17.6 Å². The third kappa shape index (κ3) is 2.32. The van der Waals surface area contributed by atoms with Crippen molar-refractivity contribution in [2.24, 2.45) is 0 Å². The van der Waals surface area contributed by atoms with E-state index in [1.54, 1.807) is 0 Å². The van der Waals surface area contributed by atoms with Crippen LogP contribution in [0.15, 0.2) is 6.20 Å². The van der Waals surface area contributed by atoms with Gasteiger partial charge in [-0.1, -0.05) is 0 Å². The van der Waals surface area contributed by atoms with Gasteiger partial charge >= 0.3 is 6.18 Å². The second-order valence-electron chi connectivity index (χ2n) is 6.70. The zero-order valence-electron chi connectivity index (χ0n) is 14.0. The Hall–Kier alpha value is -3.07. The lowest BCUT2D eigenvalue weighted by atomic mass is 9.89. The maximum absolute atomic E-state index is 12.6. The van der Waals surface area contributed by atoms with E-state index in [0.717, 1.165) is 0 Å². The van der Waals surface area contributed by atoms with E-state index in [1.165, 1.54) is 4.90 Å². The van der Waals surface area contributed by atoms with Crippen molar-refractivity contribution in [3.8, 4) is 0 Å². The molecule has 0 radical (unpaired) electrons. The van der Waals surface area contributed by atoms with E-state index < -0.39 is 47.1 Å². The van der Waals surface area contributed by atoms with Gasteiger partial charge in [-0.25, -0.2) is 4.98 Å². The number of hydrogen-bond acceptors (Lipinski definition) is 6. The molecule has 3 fully saturated rings. The second-order valence-corrected chi connectivity index (χ2v) is 6.70. The highest BCUT2D eigenvalue weighted by Crippen LogP contribution is 2.41. The number of nitrogens with zero attached hydrogens (tertiary/aromatic N) is 2. The predicted octanol–water partition coefficient (Wildman–Crippen LogP) is -2.75. The van der Waals surface area contributed by atoms with Crippen LogP contribution in [0.1, 0.15) is 16.3 Å². The molecule has 1 spiro atoms. The highest BCUT2D eigenvalue weighted by atomic mass is 19.4. The molecular weight excluding hydrogens is 387 g/mol. The fraction of sp³-hybridized carbons (Fsp3) is 0.538. The molecule has 3 aliphatic heterocycles. The molecule has 15 heteroatoms. The summed E-state index contributed by atoms with van der Waals surface area (Å²) in [5.74, 6) is -5.42. The van der Waals surface area contributed by atoms with Crippen molar-refractivity contribution < 1.29 is 28.2 Å². The third-order valence-electron chi connectivity index (χ3n) is 5.11. The average Bonchev–Trinajstić information content (AvgIpc) is 3.25. The van der Waals surface area contributed by atoms with Gasteiger partial charge in [0, 0.05) is 13.1 Å². The molecule has 152 valence electrons. The standard InChI is InChI=1S/C13H16F3N9O3/c14-13(15,16)8-19-1-4(21-8)7(26)22-6-3-25-10(18)20-2-5-11(25,12(6,27)28)24-9(17)23-5/h1,5-6,27-28H,2-3H2,(H2,18,20)(H,19,21)(H,22,26)(H3,17,23,24)/t5?,6?,11-/m1/s1. The molecule has 12 nitrogen and oxygen atoms in total. The lowest BCUT2D eigenvalue weighted by molar-refractivity contribution is -0.229. The number of nitrogens with one attached hydrogen (secondary N) is 7. The van der Waals surface area contributed by atoms with Crippen molar-refractivity contribution in [3.63, 3.8) is 0 Å². The first-order valence-corrected chi connectivity index (χ1v) is 8.08. The summed E-state index contributed by atoms with van der Waals surface area (Å²) in [5, 5.41) is 47.8. The van der Waals surface area contributed by atoms with Crippen molar-refractivity contribution in [1.82, 2.24) is 36.1 Å². The SMILES string of the molecule is N=C1NC2CNC(=N)N3CC(NC(=O)c4cnc(C(F)(F)F)[nH]4)C(O)(O)[C@@]23N1. The van der Waals surface area contributed by atoms with E-state index in [4.69, 9.17) is 10.8 Å². The first-order valence-electron chi connectivity index (χ1n) is 8.08. The van der Waals surface area contributed by atoms with Crippen LogP contribution >= 0.6 is 0 Å². The van der Waals surface area contributed by atoms with Crippen LogP contribution < -0.4 is 21.3 Å². The van der Waals surface area contributed by atoms with Gasteiger partial charge in [-0.3, -0.25) is 15.6 Å². The summed E-state index contributed by atoms with van der Waals surface area (Å²) in [5.41, 5.74) is -2.23. The van der Waals surface area contributed by atoms with Crippen molar-refractivity contribution in [3.05, 3.63) is 17.7 Å². The number of rotatable bonds is 2. The van der Waals surface area contributed by atoms with Crippen molar-refractivity contribution >= 4 is 17.8 Å². The summed E-state index contributed by atoms with van der Waals surface area (Å²) in [4.78, 5) is 18.5. The number of halogens is 3. The molecule has 0 aromatic carbocycles. The average molecular weight is 403 g/mol. The number of imidazole rings is 1. The summed E-state index contributed by atoms with van der Waals surface area (Å²) in [6, 6.07) is -2.12. The summed E-state index contributed by atoms with van der Waals surface area (Å²) in [6.45, 7) is -0.146. The van der Waals surface area contributed by atoms with Gasteiger partial charge in [-0.05, 0) is 0 Å². The molecule has 1 aromatic rings. The molecule has 0 aliphatic carbocycles. The molecule has 2 unspecified atom stereocenters. The minimum atomic E-state index is -4.77. The lowest BCUT2D eigenvalue weighted by Gasteiger charge is -2.48. The molecule has 9 N–H and O–H groups in total. The monoisotopic (exact) mass is 403 g/mol. The van der Waals surface area contributed by atoms with Crippen LogP contribution in [0.4, 0.5) is 13.2 Å². The maximum Gasteiger partial charge on any atom is 0.449 e. The molecule has 28 heavy (non-hydrogen) atoms. The van der Waals surface area contributed by atoms with Crippen molar-refractivity contribution in [2.45, 2.75) is 29.7 Å². The van der Waals surface area contributed by atoms with Crippen molar-refractivity contribution in [1.29, 1.82) is 10.8 Å². The Labute approximate surface area is 154 Å². The smallest absolute Gasteiger partial charge is 0.361 e. The summed E-state index contributed by atoms with van der Waals surface area (Å²) >= 11 is 0. The van der Waals surface area contributed by atoms with Crippen molar-refractivity contribution in [2.75, 3.05) is 13.1 Å². The number of carbonyl (C=O) groups excluding carboxylic acids is 1. The van der Waals surface area contributed by atoms with Gasteiger partial charge in [0.05, 0.1) is 12.2 Å². The Morgan fingerprint density at radius 3 is 2.75 bits per heavy atom. The zero-order chi connectivity index (χ0) is 20.5.